The molecule has 0 aromatic rings. The number of rotatable bonds is 4. The second-order valence-electron chi connectivity index (χ2n) is 7.06. The Kier molecular flexibility index (Phi) is 5.08. The standard InChI is InChI=1S/C16H32N2/c1-3-13-8-7-9-14(12-13)15(18-17)16(2)10-5-4-6-11-16/h13-15,18H,3-12,17H2,1-2H3. The minimum absolute atomic E-state index is 0.452. The van der Waals surface area contributed by atoms with E-state index < -0.39 is 0 Å². The molecule has 3 atom stereocenters. The first kappa shape index (κ1) is 14.3. The van der Waals surface area contributed by atoms with Crippen LogP contribution < -0.4 is 11.3 Å². The molecular formula is C16H32N2. The molecule has 0 aromatic carbocycles. The largest absolute Gasteiger partial charge is 0.271 e. The minimum Gasteiger partial charge on any atom is -0.271 e. The first-order valence-corrected chi connectivity index (χ1v) is 8.15. The molecule has 0 amide bonds. The average Bonchev–Trinajstić information content (AvgIpc) is 2.40. The quantitative estimate of drug-likeness (QED) is 0.586. The van der Waals surface area contributed by atoms with Gasteiger partial charge in [-0.2, -0.15) is 0 Å². The minimum atomic E-state index is 0.452. The van der Waals surface area contributed by atoms with Gasteiger partial charge in [-0.3, -0.25) is 11.3 Å². The van der Waals surface area contributed by atoms with Crippen LogP contribution >= 0.6 is 0 Å². The Morgan fingerprint density at radius 1 is 1.17 bits per heavy atom. The van der Waals surface area contributed by atoms with Crippen LogP contribution in [0.2, 0.25) is 0 Å². The molecule has 0 aromatic heterocycles. The zero-order chi connectivity index (χ0) is 13.0. The summed E-state index contributed by atoms with van der Waals surface area (Å²) in [5.74, 6) is 7.72. The monoisotopic (exact) mass is 252 g/mol. The van der Waals surface area contributed by atoms with Crippen LogP contribution in [0.4, 0.5) is 0 Å². The van der Waals surface area contributed by atoms with Gasteiger partial charge in [0.2, 0.25) is 0 Å². The lowest BCUT2D eigenvalue weighted by molar-refractivity contribution is 0.0728. The summed E-state index contributed by atoms with van der Waals surface area (Å²) in [6.45, 7) is 4.83. The molecule has 0 saturated heterocycles. The van der Waals surface area contributed by atoms with Crippen molar-refractivity contribution >= 4 is 0 Å². The van der Waals surface area contributed by atoms with Gasteiger partial charge >= 0.3 is 0 Å². The highest BCUT2D eigenvalue weighted by atomic mass is 15.2. The Morgan fingerprint density at radius 3 is 2.50 bits per heavy atom. The van der Waals surface area contributed by atoms with Crippen molar-refractivity contribution in [3.05, 3.63) is 0 Å². The lowest BCUT2D eigenvalue weighted by Crippen LogP contribution is -2.53. The molecule has 2 aliphatic rings. The zero-order valence-electron chi connectivity index (χ0n) is 12.4. The second kappa shape index (κ2) is 6.38. The summed E-state index contributed by atoms with van der Waals surface area (Å²) in [6.07, 6.45) is 14.0. The molecule has 2 saturated carbocycles. The fraction of sp³-hybridized carbons (Fsp3) is 1.00. The molecule has 0 bridgehead atoms. The molecule has 2 nitrogen and oxygen atoms in total. The van der Waals surface area contributed by atoms with Crippen LogP contribution in [0.25, 0.3) is 0 Å². The molecular weight excluding hydrogens is 220 g/mol. The van der Waals surface area contributed by atoms with Crippen molar-refractivity contribution in [2.24, 2.45) is 23.1 Å². The Balaban J connectivity index is 2.02. The summed E-state index contributed by atoms with van der Waals surface area (Å²) in [6, 6.07) is 0.548. The van der Waals surface area contributed by atoms with Crippen molar-refractivity contribution in [3.63, 3.8) is 0 Å². The summed E-state index contributed by atoms with van der Waals surface area (Å²) in [5, 5.41) is 0. The van der Waals surface area contributed by atoms with Crippen LogP contribution in [0.15, 0.2) is 0 Å². The Bertz CT molecular complexity index is 245. The van der Waals surface area contributed by atoms with E-state index in [1.54, 1.807) is 0 Å². The van der Waals surface area contributed by atoms with E-state index in [0.29, 0.717) is 11.5 Å². The maximum Gasteiger partial charge on any atom is 0.0292 e. The van der Waals surface area contributed by atoms with Gasteiger partial charge in [-0.15, -0.1) is 0 Å². The van der Waals surface area contributed by atoms with Gasteiger partial charge in [-0.05, 0) is 42.9 Å². The molecule has 3 unspecified atom stereocenters. The molecule has 0 aliphatic heterocycles. The van der Waals surface area contributed by atoms with Crippen molar-refractivity contribution < 1.29 is 0 Å². The third kappa shape index (κ3) is 3.08. The number of nitrogens with two attached hydrogens (primary N) is 1. The van der Waals surface area contributed by atoms with Crippen LogP contribution in [-0.4, -0.2) is 6.04 Å². The molecule has 0 heterocycles. The van der Waals surface area contributed by atoms with Crippen molar-refractivity contribution in [3.8, 4) is 0 Å². The third-order valence-corrected chi connectivity index (χ3v) is 5.80. The van der Waals surface area contributed by atoms with Crippen LogP contribution in [0, 0.1) is 17.3 Å². The fourth-order valence-electron chi connectivity index (χ4n) is 4.58. The molecule has 3 N–H and O–H groups in total. The summed E-state index contributed by atoms with van der Waals surface area (Å²) in [4.78, 5) is 0. The predicted octanol–water partition coefficient (Wildman–Crippen LogP) is 4.01. The summed E-state index contributed by atoms with van der Waals surface area (Å²) in [5.41, 5.74) is 3.68. The van der Waals surface area contributed by atoms with Crippen molar-refractivity contribution in [2.45, 2.75) is 84.1 Å². The average molecular weight is 252 g/mol. The lowest BCUT2D eigenvalue weighted by Gasteiger charge is -2.46. The van der Waals surface area contributed by atoms with E-state index in [2.05, 4.69) is 19.3 Å². The van der Waals surface area contributed by atoms with Gasteiger partial charge in [0.25, 0.3) is 0 Å². The molecule has 2 rings (SSSR count). The molecule has 18 heavy (non-hydrogen) atoms. The molecule has 2 fully saturated rings. The molecule has 0 spiro atoms. The number of hydrazine groups is 1. The highest BCUT2D eigenvalue weighted by Crippen LogP contribution is 2.45. The van der Waals surface area contributed by atoms with Crippen LogP contribution in [-0.2, 0) is 0 Å². The number of hydrogen-bond donors (Lipinski definition) is 2. The van der Waals surface area contributed by atoms with Crippen LogP contribution in [0.5, 0.6) is 0 Å². The van der Waals surface area contributed by atoms with E-state index in [-0.39, 0.29) is 0 Å². The van der Waals surface area contributed by atoms with Gasteiger partial charge in [-0.25, -0.2) is 0 Å². The normalized spacial score (nSPS) is 34.2. The van der Waals surface area contributed by atoms with E-state index >= 15 is 0 Å². The fourth-order valence-corrected chi connectivity index (χ4v) is 4.58. The smallest absolute Gasteiger partial charge is 0.0292 e. The topological polar surface area (TPSA) is 38.0 Å². The van der Waals surface area contributed by atoms with Crippen molar-refractivity contribution in [1.82, 2.24) is 5.43 Å². The van der Waals surface area contributed by atoms with Crippen LogP contribution in [0.1, 0.15) is 78.1 Å². The number of hydrogen-bond acceptors (Lipinski definition) is 2. The van der Waals surface area contributed by atoms with E-state index in [1.165, 1.54) is 64.2 Å². The van der Waals surface area contributed by atoms with E-state index in [1.807, 2.05) is 0 Å². The Morgan fingerprint density at radius 2 is 1.89 bits per heavy atom. The van der Waals surface area contributed by atoms with Crippen LogP contribution in [0.3, 0.4) is 0 Å². The Hall–Kier alpha value is -0.0800. The predicted molar refractivity (Wildman–Crippen MR) is 78.0 cm³/mol. The van der Waals surface area contributed by atoms with Gasteiger partial charge in [0.15, 0.2) is 0 Å². The first-order valence-electron chi connectivity index (χ1n) is 8.15. The lowest BCUT2D eigenvalue weighted by atomic mass is 9.63. The summed E-state index contributed by atoms with van der Waals surface area (Å²) >= 11 is 0. The maximum atomic E-state index is 5.96. The molecule has 0 radical (unpaired) electrons. The number of nitrogens with one attached hydrogen (secondary N) is 1. The zero-order valence-corrected chi connectivity index (χ0v) is 12.4. The first-order chi connectivity index (χ1) is 8.69. The van der Waals surface area contributed by atoms with E-state index in [0.717, 1.165) is 11.8 Å². The van der Waals surface area contributed by atoms with Gasteiger partial charge in [0.05, 0.1) is 0 Å². The Labute approximate surface area is 113 Å². The van der Waals surface area contributed by atoms with Gasteiger partial charge < -0.3 is 0 Å². The van der Waals surface area contributed by atoms with Crippen molar-refractivity contribution in [2.75, 3.05) is 0 Å². The van der Waals surface area contributed by atoms with Gasteiger partial charge in [0, 0.05) is 6.04 Å². The van der Waals surface area contributed by atoms with E-state index in [9.17, 15) is 0 Å². The van der Waals surface area contributed by atoms with Crippen molar-refractivity contribution in [1.29, 1.82) is 0 Å². The highest BCUT2D eigenvalue weighted by Gasteiger charge is 2.40. The summed E-state index contributed by atoms with van der Waals surface area (Å²) < 4.78 is 0. The highest BCUT2D eigenvalue weighted by molar-refractivity contribution is 4.94. The van der Waals surface area contributed by atoms with Gasteiger partial charge in [-0.1, -0.05) is 52.4 Å². The molecule has 106 valence electrons. The maximum absolute atomic E-state index is 5.96. The molecule has 2 heteroatoms. The SMILES string of the molecule is CCC1CCCC(C(NN)C2(C)CCCCC2)C1. The van der Waals surface area contributed by atoms with Gasteiger partial charge in [0.1, 0.15) is 0 Å². The van der Waals surface area contributed by atoms with E-state index in [4.69, 9.17) is 5.84 Å². The summed E-state index contributed by atoms with van der Waals surface area (Å²) in [7, 11) is 0. The molecule has 2 aliphatic carbocycles. The third-order valence-electron chi connectivity index (χ3n) is 5.80. The second-order valence-corrected chi connectivity index (χ2v) is 7.06.